The van der Waals surface area contributed by atoms with E-state index < -0.39 is 0 Å². The predicted molar refractivity (Wildman–Crippen MR) is 73.7 cm³/mol. The van der Waals surface area contributed by atoms with E-state index in [1.165, 1.54) is 14.2 Å². The predicted octanol–water partition coefficient (Wildman–Crippen LogP) is 3.06. The average molecular weight is 299 g/mol. The van der Waals surface area contributed by atoms with Crippen LogP contribution in [0.1, 0.15) is 18.2 Å². The minimum Gasteiger partial charge on any atom is -0.493 e. The van der Waals surface area contributed by atoms with Gasteiger partial charge in [0.25, 0.3) is 5.89 Å². The number of alkyl halides is 1. The lowest BCUT2D eigenvalue weighted by Crippen LogP contribution is -1.97. The van der Waals surface area contributed by atoms with Gasteiger partial charge in [-0.3, -0.25) is 0 Å². The maximum Gasteiger partial charge on any atom is 0.251 e. The summed E-state index contributed by atoms with van der Waals surface area (Å²) in [5, 5.41) is 7.50. The normalized spacial score (nSPS) is 12.1. The first-order valence-corrected chi connectivity index (χ1v) is 6.32. The minimum absolute atomic E-state index is 0.310. The Labute approximate surface area is 121 Å². The van der Waals surface area contributed by atoms with Gasteiger partial charge in [-0.05, 0) is 19.1 Å². The summed E-state index contributed by atoms with van der Waals surface area (Å²) in [5.74, 6) is 2.14. The highest BCUT2D eigenvalue weighted by Crippen LogP contribution is 2.44. The van der Waals surface area contributed by atoms with Crippen LogP contribution in [0.15, 0.2) is 16.5 Å². The first-order valence-electron chi connectivity index (χ1n) is 5.89. The molecule has 1 unspecified atom stereocenters. The minimum atomic E-state index is -0.359. The third kappa shape index (κ3) is 2.51. The van der Waals surface area contributed by atoms with Crippen molar-refractivity contribution in [3.05, 3.63) is 18.0 Å². The van der Waals surface area contributed by atoms with Gasteiger partial charge < -0.3 is 18.6 Å². The summed E-state index contributed by atoms with van der Waals surface area (Å²) in [6, 6.07) is 3.50. The standard InChI is InChI=1S/C13H15ClN2O4/c1-7(14)12-15-16-13(20-12)8-5-6-9(17-2)11(19-4)10(8)18-3/h5-7H,1-4H3. The van der Waals surface area contributed by atoms with Crippen LogP contribution in [0.3, 0.4) is 0 Å². The van der Waals surface area contributed by atoms with Crippen LogP contribution in [0.25, 0.3) is 11.5 Å². The van der Waals surface area contributed by atoms with Gasteiger partial charge in [0.2, 0.25) is 11.6 Å². The molecule has 0 bridgehead atoms. The second kappa shape index (κ2) is 6.00. The van der Waals surface area contributed by atoms with Crippen molar-refractivity contribution < 1.29 is 18.6 Å². The van der Waals surface area contributed by atoms with E-state index in [0.717, 1.165) is 0 Å². The van der Waals surface area contributed by atoms with Crippen LogP contribution in [0.4, 0.5) is 0 Å². The summed E-state index contributed by atoms with van der Waals surface area (Å²) >= 11 is 5.91. The molecule has 1 heterocycles. The van der Waals surface area contributed by atoms with E-state index in [9.17, 15) is 0 Å². The topological polar surface area (TPSA) is 66.6 Å². The number of aromatic nitrogens is 2. The van der Waals surface area contributed by atoms with E-state index in [-0.39, 0.29) is 5.38 Å². The quantitative estimate of drug-likeness (QED) is 0.790. The number of methoxy groups -OCH3 is 3. The van der Waals surface area contributed by atoms with E-state index in [2.05, 4.69) is 10.2 Å². The Morgan fingerprint density at radius 3 is 2.25 bits per heavy atom. The number of ether oxygens (including phenoxy) is 3. The lowest BCUT2D eigenvalue weighted by Gasteiger charge is -2.13. The highest BCUT2D eigenvalue weighted by molar-refractivity contribution is 6.20. The fourth-order valence-corrected chi connectivity index (χ4v) is 1.86. The monoisotopic (exact) mass is 298 g/mol. The number of halogens is 1. The molecule has 108 valence electrons. The van der Waals surface area contributed by atoms with Crippen molar-refractivity contribution in [1.29, 1.82) is 0 Å². The molecule has 7 heteroatoms. The molecule has 1 aromatic carbocycles. The number of benzene rings is 1. The molecular weight excluding hydrogens is 284 g/mol. The first kappa shape index (κ1) is 14.5. The molecule has 0 saturated carbocycles. The average Bonchev–Trinajstić information content (AvgIpc) is 2.95. The summed E-state index contributed by atoms with van der Waals surface area (Å²) in [7, 11) is 4.61. The third-order valence-electron chi connectivity index (χ3n) is 2.72. The molecule has 2 rings (SSSR count). The molecule has 0 fully saturated rings. The molecule has 6 nitrogen and oxygen atoms in total. The van der Waals surface area contributed by atoms with Crippen LogP contribution < -0.4 is 14.2 Å². The largest absolute Gasteiger partial charge is 0.493 e. The summed E-state index contributed by atoms with van der Waals surface area (Å²) in [4.78, 5) is 0. The number of rotatable bonds is 5. The van der Waals surface area contributed by atoms with Crippen LogP contribution in [0.2, 0.25) is 0 Å². The van der Waals surface area contributed by atoms with Crippen LogP contribution in [-0.2, 0) is 0 Å². The van der Waals surface area contributed by atoms with Crippen LogP contribution in [-0.4, -0.2) is 31.5 Å². The van der Waals surface area contributed by atoms with Gasteiger partial charge >= 0.3 is 0 Å². The van der Waals surface area contributed by atoms with Crippen molar-refractivity contribution in [3.8, 4) is 28.7 Å². The van der Waals surface area contributed by atoms with Crippen LogP contribution in [0, 0.1) is 0 Å². The fraction of sp³-hybridized carbons (Fsp3) is 0.385. The van der Waals surface area contributed by atoms with Crippen molar-refractivity contribution in [2.24, 2.45) is 0 Å². The maximum atomic E-state index is 5.91. The van der Waals surface area contributed by atoms with Gasteiger partial charge in [0.15, 0.2) is 11.5 Å². The van der Waals surface area contributed by atoms with E-state index >= 15 is 0 Å². The number of hydrogen-bond acceptors (Lipinski definition) is 6. The van der Waals surface area contributed by atoms with Crippen LogP contribution in [0.5, 0.6) is 17.2 Å². The highest BCUT2D eigenvalue weighted by Gasteiger charge is 2.21. The van der Waals surface area contributed by atoms with Gasteiger partial charge in [0.1, 0.15) is 5.38 Å². The zero-order valence-electron chi connectivity index (χ0n) is 11.6. The van der Waals surface area contributed by atoms with Crippen molar-refractivity contribution in [3.63, 3.8) is 0 Å². The zero-order chi connectivity index (χ0) is 14.7. The van der Waals surface area contributed by atoms with Gasteiger partial charge in [-0.25, -0.2) is 0 Å². The zero-order valence-corrected chi connectivity index (χ0v) is 12.4. The lowest BCUT2D eigenvalue weighted by atomic mass is 10.1. The molecule has 20 heavy (non-hydrogen) atoms. The summed E-state index contributed by atoms with van der Waals surface area (Å²) in [6.45, 7) is 1.75. The van der Waals surface area contributed by atoms with Crippen LogP contribution >= 0.6 is 11.6 Å². The summed E-state index contributed by atoms with van der Waals surface area (Å²) < 4.78 is 21.4. The summed E-state index contributed by atoms with van der Waals surface area (Å²) in [5.41, 5.74) is 0.612. The number of hydrogen-bond donors (Lipinski definition) is 0. The highest BCUT2D eigenvalue weighted by atomic mass is 35.5. The molecule has 2 aromatic rings. The number of nitrogens with zero attached hydrogens (tertiary/aromatic N) is 2. The molecule has 0 aliphatic carbocycles. The van der Waals surface area contributed by atoms with E-state index in [1.54, 1.807) is 26.2 Å². The lowest BCUT2D eigenvalue weighted by molar-refractivity contribution is 0.324. The SMILES string of the molecule is COc1ccc(-c2nnc(C(C)Cl)o2)c(OC)c1OC. The van der Waals surface area contributed by atoms with E-state index in [4.69, 9.17) is 30.2 Å². The maximum absolute atomic E-state index is 5.91. The Bertz CT molecular complexity index is 598. The van der Waals surface area contributed by atoms with Gasteiger partial charge in [-0.1, -0.05) is 0 Å². The molecule has 0 saturated heterocycles. The summed E-state index contributed by atoms with van der Waals surface area (Å²) in [6.07, 6.45) is 0. The Balaban J connectivity index is 2.55. The van der Waals surface area contributed by atoms with Crippen molar-refractivity contribution >= 4 is 11.6 Å². The van der Waals surface area contributed by atoms with Crippen molar-refractivity contribution in [2.45, 2.75) is 12.3 Å². The molecule has 0 aliphatic rings. The molecular formula is C13H15ClN2O4. The Hall–Kier alpha value is -1.95. The fourth-order valence-electron chi connectivity index (χ4n) is 1.77. The molecule has 0 spiro atoms. The molecule has 0 aliphatic heterocycles. The Morgan fingerprint density at radius 1 is 1.05 bits per heavy atom. The molecule has 0 radical (unpaired) electrons. The van der Waals surface area contributed by atoms with Crippen molar-refractivity contribution in [1.82, 2.24) is 10.2 Å². The molecule has 0 N–H and O–H groups in total. The second-order valence-electron chi connectivity index (χ2n) is 3.94. The Kier molecular flexibility index (Phi) is 4.34. The second-order valence-corrected chi connectivity index (χ2v) is 4.60. The first-order chi connectivity index (χ1) is 9.62. The third-order valence-corrected chi connectivity index (χ3v) is 2.90. The molecule has 1 aromatic heterocycles. The van der Waals surface area contributed by atoms with Gasteiger partial charge in [0.05, 0.1) is 26.9 Å². The van der Waals surface area contributed by atoms with Gasteiger partial charge in [-0.2, -0.15) is 0 Å². The smallest absolute Gasteiger partial charge is 0.251 e. The molecule has 1 atom stereocenters. The van der Waals surface area contributed by atoms with Gasteiger partial charge in [0, 0.05) is 0 Å². The van der Waals surface area contributed by atoms with Crippen molar-refractivity contribution in [2.75, 3.05) is 21.3 Å². The molecule has 0 amide bonds. The van der Waals surface area contributed by atoms with E-state index in [1.807, 2.05) is 0 Å². The Morgan fingerprint density at radius 2 is 1.75 bits per heavy atom. The van der Waals surface area contributed by atoms with Gasteiger partial charge in [-0.15, -0.1) is 21.8 Å². The van der Waals surface area contributed by atoms with E-state index in [0.29, 0.717) is 34.6 Å².